The number of aromatic nitrogens is 1. The van der Waals surface area contributed by atoms with Crippen molar-refractivity contribution in [3.8, 4) is 5.75 Å². The van der Waals surface area contributed by atoms with Gasteiger partial charge in [0.1, 0.15) is 11.4 Å². The number of ether oxygens (including phenoxy) is 1. The van der Waals surface area contributed by atoms with E-state index in [2.05, 4.69) is 24.1 Å². The Morgan fingerprint density at radius 2 is 2.13 bits per heavy atom. The van der Waals surface area contributed by atoms with Crippen molar-refractivity contribution in [2.45, 2.75) is 44.8 Å². The maximum atomic E-state index is 12.3. The maximum Gasteiger partial charge on any atom is 0.220 e. The Hall–Kier alpha value is -2.36. The van der Waals surface area contributed by atoms with Gasteiger partial charge in [0.05, 0.1) is 6.04 Å². The Kier molecular flexibility index (Phi) is 4.33. The Balaban J connectivity index is 1.66. The van der Waals surface area contributed by atoms with Crippen molar-refractivity contribution in [2.24, 2.45) is 0 Å². The van der Waals surface area contributed by atoms with Gasteiger partial charge in [-0.25, -0.2) is 0 Å². The first-order valence-electron chi connectivity index (χ1n) is 8.00. The average molecular weight is 310 g/mol. The summed E-state index contributed by atoms with van der Waals surface area (Å²) in [6.07, 6.45) is 5.48. The number of carbonyl (C=O) groups excluding carboxylic acids is 1. The number of carbonyl (C=O) groups is 1. The predicted molar refractivity (Wildman–Crippen MR) is 89.2 cm³/mol. The first-order chi connectivity index (χ1) is 11.0. The molecule has 3 rings (SSSR count). The van der Waals surface area contributed by atoms with Gasteiger partial charge in [-0.15, -0.1) is 0 Å². The van der Waals surface area contributed by atoms with Crippen molar-refractivity contribution in [1.82, 2.24) is 10.3 Å². The molecule has 0 fully saturated rings. The summed E-state index contributed by atoms with van der Waals surface area (Å²) >= 11 is 0. The van der Waals surface area contributed by atoms with Gasteiger partial charge >= 0.3 is 0 Å². The van der Waals surface area contributed by atoms with E-state index in [4.69, 9.17) is 4.74 Å². The van der Waals surface area contributed by atoms with Crippen LogP contribution in [-0.4, -0.2) is 16.5 Å². The number of rotatable bonds is 4. The zero-order chi connectivity index (χ0) is 16.3. The molecule has 0 saturated heterocycles. The summed E-state index contributed by atoms with van der Waals surface area (Å²) in [6.45, 7) is 4.11. The fraction of sp³-hybridized carbons (Fsp3) is 0.368. The van der Waals surface area contributed by atoms with Crippen molar-refractivity contribution >= 4 is 5.91 Å². The smallest absolute Gasteiger partial charge is 0.220 e. The lowest BCUT2D eigenvalue weighted by atomic mass is 9.89. The van der Waals surface area contributed by atoms with Crippen LogP contribution >= 0.6 is 0 Å². The molecule has 0 bridgehead atoms. The Morgan fingerprint density at radius 3 is 2.91 bits per heavy atom. The zero-order valence-electron chi connectivity index (χ0n) is 13.6. The van der Waals surface area contributed by atoms with Crippen LogP contribution in [0.25, 0.3) is 0 Å². The molecule has 1 atom stereocenters. The molecule has 4 nitrogen and oxygen atoms in total. The highest BCUT2D eigenvalue weighted by atomic mass is 16.5. The summed E-state index contributed by atoms with van der Waals surface area (Å²) in [7, 11) is 0. The molecule has 0 aliphatic carbocycles. The van der Waals surface area contributed by atoms with E-state index in [1.165, 1.54) is 0 Å². The molecule has 1 amide bonds. The number of para-hydroxylation sites is 1. The van der Waals surface area contributed by atoms with Crippen LogP contribution in [0.2, 0.25) is 0 Å². The minimum Gasteiger partial charge on any atom is -0.487 e. The Labute approximate surface area is 136 Å². The van der Waals surface area contributed by atoms with E-state index in [0.717, 1.165) is 23.3 Å². The highest BCUT2D eigenvalue weighted by Crippen LogP contribution is 2.39. The molecule has 2 heterocycles. The van der Waals surface area contributed by atoms with Gasteiger partial charge in [-0.3, -0.25) is 9.78 Å². The van der Waals surface area contributed by atoms with Gasteiger partial charge in [0, 0.05) is 30.8 Å². The third kappa shape index (κ3) is 3.89. The van der Waals surface area contributed by atoms with Crippen LogP contribution in [0.5, 0.6) is 5.75 Å². The third-order valence-corrected chi connectivity index (χ3v) is 4.08. The highest BCUT2D eigenvalue weighted by Gasteiger charge is 2.34. The Morgan fingerprint density at radius 1 is 1.30 bits per heavy atom. The molecule has 2 aromatic rings. The first kappa shape index (κ1) is 15.5. The fourth-order valence-electron chi connectivity index (χ4n) is 3.00. The van der Waals surface area contributed by atoms with Crippen molar-refractivity contribution in [1.29, 1.82) is 0 Å². The van der Waals surface area contributed by atoms with Crippen LogP contribution in [-0.2, 0) is 11.2 Å². The van der Waals surface area contributed by atoms with E-state index in [1.54, 1.807) is 12.4 Å². The second-order valence-corrected chi connectivity index (χ2v) is 6.59. The van der Waals surface area contributed by atoms with Crippen molar-refractivity contribution in [3.05, 3.63) is 59.9 Å². The number of benzene rings is 1. The summed E-state index contributed by atoms with van der Waals surface area (Å²) in [5, 5.41) is 3.16. The first-order valence-corrected chi connectivity index (χ1v) is 8.00. The van der Waals surface area contributed by atoms with Crippen LogP contribution in [0, 0.1) is 0 Å². The minimum absolute atomic E-state index is 0.00338. The molecular weight excluding hydrogens is 288 g/mol. The predicted octanol–water partition coefficient (Wildman–Crippen LogP) is 3.43. The number of hydrogen-bond acceptors (Lipinski definition) is 3. The van der Waals surface area contributed by atoms with Crippen LogP contribution in [0.3, 0.4) is 0 Å². The minimum atomic E-state index is -0.282. The fourth-order valence-corrected chi connectivity index (χ4v) is 3.00. The largest absolute Gasteiger partial charge is 0.487 e. The SMILES string of the molecule is CC1(C)CC(NC(=O)CCc2cccnc2)c2ccccc2O1. The molecule has 4 heteroatoms. The standard InChI is InChI=1S/C19H22N2O2/c1-19(2)12-16(15-7-3-4-8-17(15)23-19)21-18(22)10-9-14-6-5-11-20-13-14/h3-8,11,13,16H,9-10,12H2,1-2H3,(H,21,22). The van der Waals surface area contributed by atoms with Gasteiger partial charge in [0.25, 0.3) is 0 Å². The second-order valence-electron chi connectivity index (χ2n) is 6.59. The van der Waals surface area contributed by atoms with Gasteiger partial charge in [-0.1, -0.05) is 24.3 Å². The normalized spacial score (nSPS) is 18.6. The number of hydrogen-bond donors (Lipinski definition) is 1. The number of amides is 1. The second kappa shape index (κ2) is 6.41. The van der Waals surface area contributed by atoms with Gasteiger partial charge < -0.3 is 10.1 Å². The summed E-state index contributed by atoms with van der Waals surface area (Å²) < 4.78 is 6.00. The van der Waals surface area contributed by atoms with Gasteiger partial charge in [-0.05, 0) is 38.0 Å². The number of nitrogens with one attached hydrogen (secondary N) is 1. The summed E-state index contributed by atoms with van der Waals surface area (Å²) in [6, 6.07) is 11.8. The molecule has 0 radical (unpaired) electrons. The molecule has 1 aromatic heterocycles. The van der Waals surface area contributed by atoms with E-state index in [0.29, 0.717) is 12.8 Å². The van der Waals surface area contributed by atoms with Crippen LogP contribution in [0.1, 0.15) is 43.9 Å². The molecule has 0 spiro atoms. The molecule has 1 aliphatic rings. The van der Waals surface area contributed by atoms with Crippen LogP contribution < -0.4 is 10.1 Å². The highest BCUT2D eigenvalue weighted by molar-refractivity contribution is 5.77. The summed E-state index contributed by atoms with van der Waals surface area (Å²) in [4.78, 5) is 16.4. The lowest BCUT2D eigenvalue weighted by Gasteiger charge is -2.37. The van der Waals surface area contributed by atoms with Gasteiger partial charge in [-0.2, -0.15) is 0 Å². The molecule has 1 aromatic carbocycles. The molecule has 23 heavy (non-hydrogen) atoms. The molecule has 1 unspecified atom stereocenters. The topological polar surface area (TPSA) is 51.2 Å². The van der Waals surface area contributed by atoms with E-state index in [-0.39, 0.29) is 17.6 Å². The van der Waals surface area contributed by atoms with Crippen molar-refractivity contribution < 1.29 is 9.53 Å². The molecule has 0 saturated carbocycles. The van der Waals surface area contributed by atoms with E-state index >= 15 is 0 Å². The van der Waals surface area contributed by atoms with Crippen molar-refractivity contribution in [2.75, 3.05) is 0 Å². The molecule has 1 N–H and O–H groups in total. The van der Waals surface area contributed by atoms with Gasteiger partial charge in [0.2, 0.25) is 5.91 Å². The van der Waals surface area contributed by atoms with E-state index in [1.807, 2.05) is 36.4 Å². The zero-order valence-corrected chi connectivity index (χ0v) is 13.6. The van der Waals surface area contributed by atoms with Crippen LogP contribution in [0.4, 0.5) is 0 Å². The quantitative estimate of drug-likeness (QED) is 0.941. The number of aryl methyl sites for hydroxylation is 1. The monoisotopic (exact) mass is 310 g/mol. The average Bonchev–Trinajstić information content (AvgIpc) is 2.53. The summed E-state index contributed by atoms with van der Waals surface area (Å²) in [5.41, 5.74) is 1.85. The lowest BCUT2D eigenvalue weighted by Crippen LogP contribution is -2.41. The number of fused-ring (bicyclic) bond motifs is 1. The van der Waals surface area contributed by atoms with E-state index < -0.39 is 0 Å². The van der Waals surface area contributed by atoms with Crippen LogP contribution in [0.15, 0.2) is 48.8 Å². The van der Waals surface area contributed by atoms with E-state index in [9.17, 15) is 4.79 Å². The number of pyridine rings is 1. The molecule has 120 valence electrons. The number of nitrogens with zero attached hydrogens (tertiary/aromatic N) is 1. The lowest BCUT2D eigenvalue weighted by molar-refractivity contribution is -0.122. The molecular formula is C19H22N2O2. The van der Waals surface area contributed by atoms with Gasteiger partial charge in [0.15, 0.2) is 0 Å². The Bertz CT molecular complexity index is 683. The molecule has 1 aliphatic heterocycles. The maximum absolute atomic E-state index is 12.3. The summed E-state index contributed by atoms with van der Waals surface area (Å²) in [5.74, 6) is 0.924. The van der Waals surface area contributed by atoms with Crippen molar-refractivity contribution in [3.63, 3.8) is 0 Å². The third-order valence-electron chi connectivity index (χ3n) is 4.08.